The smallest absolute Gasteiger partial charge is 0.251 e. The van der Waals surface area contributed by atoms with Crippen LogP contribution in [0.2, 0.25) is 0 Å². The van der Waals surface area contributed by atoms with Crippen LogP contribution in [0, 0.1) is 0 Å². The quantitative estimate of drug-likeness (QED) is 0.847. The van der Waals surface area contributed by atoms with Gasteiger partial charge in [-0.3, -0.25) is 4.79 Å². The molecule has 6 heteroatoms. The summed E-state index contributed by atoms with van der Waals surface area (Å²) < 4.78 is 7.63. The third-order valence-corrected chi connectivity index (χ3v) is 5.39. The highest BCUT2D eigenvalue weighted by atomic mass is 16.5. The van der Waals surface area contributed by atoms with Gasteiger partial charge in [0.05, 0.1) is 11.7 Å². The lowest BCUT2D eigenvalue weighted by atomic mass is 10.0. The van der Waals surface area contributed by atoms with E-state index >= 15 is 0 Å². The number of benzene rings is 1. The minimum absolute atomic E-state index is 0.173. The zero-order chi connectivity index (χ0) is 17.8. The molecule has 0 bridgehead atoms. The van der Waals surface area contributed by atoms with Gasteiger partial charge in [0.25, 0.3) is 5.91 Å². The van der Waals surface area contributed by atoms with Crippen LogP contribution < -0.4 is 0 Å². The molecule has 2 aliphatic heterocycles. The molecule has 1 amide bonds. The Hall–Kier alpha value is -2.21. The zero-order valence-corrected chi connectivity index (χ0v) is 15.1. The van der Waals surface area contributed by atoms with Crippen molar-refractivity contribution >= 4 is 5.91 Å². The number of nitrogens with zero attached hydrogens (tertiary/aromatic N) is 4. The molecule has 0 unspecified atom stereocenters. The minimum Gasteiger partial charge on any atom is -0.368 e. The van der Waals surface area contributed by atoms with Crippen LogP contribution in [0.3, 0.4) is 0 Å². The summed E-state index contributed by atoms with van der Waals surface area (Å²) in [5.74, 6) is 0.173. The van der Waals surface area contributed by atoms with Crippen molar-refractivity contribution in [1.29, 1.82) is 0 Å². The van der Waals surface area contributed by atoms with Gasteiger partial charge in [-0.2, -0.15) is 0 Å². The van der Waals surface area contributed by atoms with Gasteiger partial charge in [-0.1, -0.05) is 35.5 Å². The second-order valence-corrected chi connectivity index (χ2v) is 7.26. The number of hydrogen-bond acceptors (Lipinski definition) is 4. The monoisotopic (exact) mass is 354 g/mol. The Morgan fingerprint density at radius 1 is 1.12 bits per heavy atom. The molecule has 0 saturated carbocycles. The lowest BCUT2D eigenvalue weighted by molar-refractivity contribution is -0.147. The predicted molar refractivity (Wildman–Crippen MR) is 97.7 cm³/mol. The molecule has 2 fully saturated rings. The van der Waals surface area contributed by atoms with Crippen molar-refractivity contribution in [1.82, 2.24) is 19.9 Å². The van der Waals surface area contributed by atoms with E-state index in [-0.39, 0.29) is 12.0 Å². The normalized spacial score (nSPS) is 21.7. The van der Waals surface area contributed by atoms with E-state index in [1.54, 1.807) is 0 Å². The van der Waals surface area contributed by atoms with Crippen molar-refractivity contribution in [3.63, 3.8) is 0 Å². The van der Waals surface area contributed by atoms with E-state index in [4.69, 9.17) is 4.74 Å². The minimum atomic E-state index is -0.218. The topological polar surface area (TPSA) is 60.2 Å². The molecule has 2 aromatic rings. The van der Waals surface area contributed by atoms with Gasteiger partial charge in [0.2, 0.25) is 0 Å². The van der Waals surface area contributed by atoms with Crippen LogP contribution >= 0.6 is 0 Å². The summed E-state index contributed by atoms with van der Waals surface area (Å²) in [6.07, 6.45) is 7.52. The van der Waals surface area contributed by atoms with E-state index in [0.29, 0.717) is 6.04 Å². The van der Waals surface area contributed by atoms with Crippen molar-refractivity contribution < 1.29 is 9.53 Å². The fourth-order valence-electron chi connectivity index (χ4n) is 3.87. The molecule has 138 valence electrons. The fraction of sp³-hybridized carbons (Fsp3) is 0.550. The molecule has 0 aliphatic carbocycles. The molecule has 1 atom stereocenters. The van der Waals surface area contributed by atoms with Gasteiger partial charge in [0.1, 0.15) is 6.10 Å². The highest BCUT2D eigenvalue weighted by Gasteiger charge is 2.30. The lowest BCUT2D eigenvalue weighted by Crippen LogP contribution is -2.46. The molecular formula is C20H26N4O2. The van der Waals surface area contributed by atoms with Crippen LogP contribution in [0.25, 0.3) is 0 Å². The maximum Gasteiger partial charge on any atom is 0.251 e. The summed E-state index contributed by atoms with van der Waals surface area (Å²) in [5, 5.41) is 8.66. The van der Waals surface area contributed by atoms with Crippen LogP contribution in [-0.4, -0.2) is 51.6 Å². The van der Waals surface area contributed by atoms with Gasteiger partial charge < -0.3 is 9.64 Å². The first kappa shape index (κ1) is 17.2. The molecule has 1 aromatic carbocycles. The number of rotatable bonds is 4. The number of carbonyl (C=O) groups excluding carboxylic acids is 1. The molecule has 6 nitrogen and oxygen atoms in total. The molecule has 0 radical (unpaired) electrons. The summed E-state index contributed by atoms with van der Waals surface area (Å²) in [6, 6.07) is 10.6. The highest BCUT2D eigenvalue weighted by molar-refractivity contribution is 5.81. The first-order valence-electron chi connectivity index (χ1n) is 9.64. The van der Waals surface area contributed by atoms with E-state index in [0.717, 1.165) is 63.9 Å². The Labute approximate surface area is 154 Å². The van der Waals surface area contributed by atoms with E-state index in [1.165, 1.54) is 5.56 Å². The maximum absolute atomic E-state index is 12.6. The Bertz CT molecular complexity index is 716. The summed E-state index contributed by atoms with van der Waals surface area (Å²) in [7, 11) is 0. The van der Waals surface area contributed by atoms with Crippen LogP contribution in [0.1, 0.15) is 49.4 Å². The van der Waals surface area contributed by atoms with Gasteiger partial charge in [-0.15, -0.1) is 5.10 Å². The van der Waals surface area contributed by atoms with Crippen molar-refractivity contribution in [2.45, 2.75) is 50.7 Å². The van der Waals surface area contributed by atoms with Gasteiger partial charge >= 0.3 is 0 Å². The molecule has 26 heavy (non-hydrogen) atoms. The average Bonchev–Trinajstić information content (AvgIpc) is 3.17. The van der Waals surface area contributed by atoms with Crippen molar-refractivity contribution in [2.24, 2.45) is 0 Å². The Balaban J connectivity index is 1.31. The highest BCUT2D eigenvalue weighted by Crippen LogP contribution is 2.24. The first-order chi connectivity index (χ1) is 12.8. The summed E-state index contributed by atoms with van der Waals surface area (Å²) >= 11 is 0. The number of amides is 1. The SMILES string of the molecule is O=C([C@H]1CCCCO1)N1CCC(n2cc(Cc3ccccc3)nn2)CC1. The van der Waals surface area contributed by atoms with E-state index in [9.17, 15) is 4.79 Å². The standard InChI is InChI=1S/C20H26N4O2/c25-20(19-8-4-5-13-26-19)23-11-9-18(10-12-23)24-15-17(21-22-24)14-16-6-2-1-3-7-16/h1-3,6-7,15,18-19H,4-5,8-14H2/t19-/m1/s1. The molecule has 3 heterocycles. The Morgan fingerprint density at radius 2 is 1.92 bits per heavy atom. The zero-order valence-electron chi connectivity index (χ0n) is 15.1. The van der Waals surface area contributed by atoms with Crippen molar-refractivity contribution in [2.75, 3.05) is 19.7 Å². The fourth-order valence-corrected chi connectivity index (χ4v) is 3.87. The maximum atomic E-state index is 12.6. The Kier molecular flexibility index (Phi) is 5.29. The molecule has 0 spiro atoms. The number of hydrogen-bond donors (Lipinski definition) is 0. The molecule has 4 rings (SSSR count). The van der Waals surface area contributed by atoms with Gasteiger partial charge in [0.15, 0.2) is 0 Å². The number of ether oxygens (including phenoxy) is 1. The number of piperidine rings is 1. The summed E-state index contributed by atoms with van der Waals surface area (Å²) in [6.45, 7) is 2.27. The van der Waals surface area contributed by atoms with E-state index in [1.807, 2.05) is 27.8 Å². The van der Waals surface area contributed by atoms with Crippen molar-refractivity contribution in [3.05, 3.63) is 47.8 Å². The van der Waals surface area contributed by atoms with Crippen LogP contribution in [0.4, 0.5) is 0 Å². The second-order valence-electron chi connectivity index (χ2n) is 7.26. The third-order valence-electron chi connectivity index (χ3n) is 5.39. The van der Waals surface area contributed by atoms with Gasteiger partial charge in [-0.25, -0.2) is 4.68 Å². The number of carbonyl (C=O) groups is 1. The van der Waals surface area contributed by atoms with Gasteiger partial charge in [-0.05, 0) is 37.7 Å². The predicted octanol–water partition coefficient (Wildman–Crippen LogP) is 2.60. The largest absolute Gasteiger partial charge is 0.368 e. The molecule has 2 aliphatic rings. The van der Waals surface area contributed by atoms with Gasteiger partial charge in [0, 0.05) is 32.3 Å². The Morgan fingerprint density at radius 3 is 2.65 bits per heavy atom. The summed E-state index contributed by atoms with van der Waals surface area (Å²) in [5.41, 5.74) is 2.23. The molecular weight excluding hydrogens is 328 g/mol. The summed E-state index contributed by atoms with van der Waals surface area (Å²) in [4.78, 5) is 14.5. The molecule has 0 N–H and O–H groups in total. The molecule has 1 aromatic heterocycles. The molecule has 2 saturated heterocycles. The number of likely N-dealkylation sites (tertiary alicyclic amines) is 1. The third kappa shape index (κ3) is 3.96. The number of aromatic nitrogens is 3. The average molecular weight is 354 g/mol. The van der Waals surface area contributed by atoms with Crippen molar-refractivity contribution in [3.8, 4) is 0 Å². The second kappa shape index (κ2) is 7.99. The first-order valence-corrected chi connectivity index (χ1v) is 9.64. The van der Waals surface area contributed by atoms with Crippen LogP contribution in [0.5, 0.6) is 0 Å². The lowest BCUT2D eigenvalue weighted by Gasteiger charge is -2.34. The van der Waals surface area contributed by atoms with Crippen LogP contribution in [0.15, 0.2) is 36.5 Å². The van der Waals surface area contributed by atoms with Crippen LogP contribution in [-0.2, 0) is 16.0 Å². The van der Waals surface area contributed by atoms with E-state index in [2.05, 4.69) is 28.6 Å². The van der Waals surface area contributed by atoms with E-state index < -0.39 is 0 Å².